The van der Waals surface area contributed by atoms with E-state index in [-0.39, 0.29) is 12.2 Å². The summed E-state index contributed by atoms with van der Waals surface area (Å²) in [7, 11) is 2.89. The Morgan fingerprint density at radius 2 is 1.85 bits per heavy atom. The van der Waals surface area contributed by atoms with Gasteiger partial charge in [0.1, 0.15) is 17.3 Å². The average Bonchev–Trinajstić information content (AvgIpc) is 3.56. The summed E-state index contributed by atoms with van der Waals surface area (Å²) in [6, 6.07) is 15.0. The maximum absolute atomic E-state index is 13.8. The molecule has 0 saturated heterocycles. The van der Waals surface area contributed by atoms with Crippen molar-refractivity contribution in [2.24, 2.45) is 4.99 Å². The molecule has 0 N–H and O–H groups in total. The molecule has 5 rings (SSSR count). The Bertz CT molecular complexity index is 1870. The zero-order chi connectivity index (χ0) is 29.3. The van der Waals surface area contributed by atoms with Crippen LogP contribution in [0.1, 0.15) is 41.6 Å². The largest absolute Gasteiger partial charge is 0.496 e. The van der Waals surface area contributed by atoms with Crippen LogP contribution >= 0.6 is 27.3 Å². The van der Waals surface area contributed by atoms with Crippen molar-refractivity contribution in [3.8, 4) is 17.1 Å². The van der Waals surface area contributed by atoms with Gasteiger partial charge in [-0.1, -0.05) is 29.5 Å². The lowest BCUT2D eigenvalue weighted by Gasteiger charge is -2.25. The highest BCUT2D eigenvalue weighted by Crippen LogP contribution is 2.35. The fourth-order valence-corrected chi connectivity index (χ4v) is 6.15. The van der Waals surface area contributed by atoms with Gasteiger partial charge in [-0.25, -0.2) is 14.6 Å². The summed E-state index contributed by atoms with van der Waals surface area (Å²) < 4.78 is 24.1. The number of hydrogen-bond donors (Lipinski definition) is 0. The number of methoxy groups -OCH3 is 2. The number of nitrogens with zero attached hydrogens (tertiary/aromatic N) is 2. The summed E-state index contributed by atoms with van der Waals surface area (Å²) in [5, 5.41) is 0. The summed E-state index contributed by atoms with van der Waals surface area (Å²) in [5.41, 5.74) is 2.33. The van der Waals surface area contributed by atoms with Crippen LogP contribution in [-0.2, 0) is 14.3 Å². The van der Waals surface area contributed by atoms with E-state index in [4.69, 9.17) is 18.6 Å². The molecule has 1 unspecified atom stereocenters. The second-order valence-corrected chi connectivity index (χ2v) is 10.8. The molecule has 1 atom stereocenters. The number of hydrogen-bond acceptors (Lipinski definition) is 9. The van der Waals surface area contributed by atoms with Crippen molar-refractivity contribution in [1.29, 1.82) is 0 Å². The number of benzene rings is 2. The molecule has 4 aromatic rings. The van der Waals surface area contributed by atoms with Crippen LogP contribution in [0.5, 0.6) is 5.75 Å². The van der Waals surface area contributed by atoms with Crippen molar-refractivity contribution in [3.63, 3.8) is 0 Å². The quantitative estimate of drug-likeness (QED) is 0.272. The smallest absolute Gasteiger partial charge is 0.338 e. The molecule has 1 aliphatic rings. The number of carbonyl (C=O) groups is 2. The van der Waals surface area contributed by atoms with Gasteiger partial charge in [-0.2, -0.15) is 0 Å². The third-order valence-corrected chi connectivity index (χ3v) is 8.10. The van der Waals surface area contributed by atoms with Crippen molar-refractivity contribution in [3.05, 3.63) is 107 Å². The molecule has 1 aliphatic heterocycles. The molecule has 41 heavy (non-hydrogen) atoms. The van der Waals surface area contributed by atoms with Crippen LogP contribution in [0.4, 0.5) is 0 Å². The number of carbonyl (C=O) groups excluding carboxylic acids is 2. The van der Waals surface area contributed by atoms with Crippen molar-refractivity contribution in [2.45, 2.75) is 19.9 Å². The Balaban J connectivity index is 1.59. The molecule has 3 heterocycles. The first-order valence-corrected chi connectivity index (χ1v) is 14.2. The molecule has 11 heteroatoms. The second kappa shape index (κ2) is 11.7. The van der Waals surface area contributed by atoms with Crippen LogP contribution in [0.25, 0.3) is 17.4 Å². The first kappa shape index (κ1) is 28.3. The molecule has 0 bridgehead atoms. The highest BCUT2D eigenvalue weighted by molar-refractivity contribution is 9.10. The lowest BCUT2D eigenvalue weighted by molar-refractivity contribution is -0.139. The number of rotatable bonds is 7. The second-order valence-electron chi connectivity index (χ2n) is 8.97. The van der Waals surface area contributed by atoms with Crippen LogP contribution in [0.15, 0.2) is 84.5 Å². The van der Waals surface area contributed by atoms with Crippen LogP contribution in [-0.4, -0.2) is 37.3 Å². The molecule has 0 aliphatic carbocycles. The van der Waals surface area contributed by atoms with E-state index in [0.717, 1.165) is 5.56 Å². The zero-order valence-electron chi connectivity index (χ0n) is 22.6. The van der Waals surface area contributed by atoms with Crippen molar-refractivity contribution in [2.75, 3.05) is 20.8 Å². The Morgan fingerprint density at radius 1 is 1.10 bits per heavy atom. The highest BCUT2D eigenvalue weighted by atomic mass is 79.9. The van der Waals surface area contributed by atoms with E-state index in [0.29, 0.717) is 53.5 Å². The van der Waals surface area contributed by atoms with Crippen LogP contribution in [0.3, 0.4) is 0 Å². The van der Waals surface area contributed by atoms with E-state index in [1.807, 2.05) is 12.1 Å². The van der Waals surface area contributed by atoms with E-state index in [1.165, 1.54) is 23.0 Å². The van der Waals surface area contributed by atoms with Crippen LogP contribution in [0.2, 0.25) is 0 Å². The molecule has 2 aromatic carbocycles. The first-order valence-electron chi connectivity index (χ1n) is 12.6. The number of halogens is 1. The summed E-state index contributed by atoms with van der Waals surface area (Å²) in [6.07, 6.45) is 1.65. The van der Waals surface area contributed by atoms with Crippen molar-refractivity contribution >= 4 is 45.3 Å². The van der Waals surface area contributed by atoms with Gasteiger partial charge < -0.3 is 18.6 Å². The maximum atomic E-state index is 13.8. The third kappa shape index (κ3) is 5.42. The number of furan rings is 1. The van der Waals surface area contributed by atoms with E-state index in [9.17, 15) is 14.4 Å². The highest BCUT2D eigenvalue weighted by Gasteiger charge is 2.33. The Morgan fingerprint density at radius 3 is 2.51 bits per heavy atom. The lowest BCUT2D eigenvalue weighted by Crippen LogP contribution is -2.39. The number of aromatic nitrogens is 1. The molecule has 210 valence electrons. The first-order chi connectivity index (χ1) is 19.7. The van der Waals surface area contributed by atoms with Crippen molar-refractivity contribution < 1.29 is 28.2 Å². The molecule has 0 fully saturated rings. The number of ether oxygens (including phenoxy) is 3. The fourth-order valence-electron chi connectivity index (χ4n) is 4.56. The van der Waals surface area contributed by atoms with Gasteiger partial charge in [-0.05, 0) is 71.7 Å². The summed E-state index contributed by atoms with van der Waals surface area (Å²) in [5.74, 6) is 0.699. The van der Waals surface area contributed by atoms with Crippen LogP contribution in [0, 0.1) is 0 Å². The predicted octanol–water partition coefficient (Wildman–Crippen LogP) is 4.62. The normalized spacial score (nSPS) is 14.9. The molecule has 2 aromatic heterocycles. The minimum Gasteiger partial charge on any atom is -0.496 e. The standard InChI is InChI=1S/C30H25BrN2O7S/c1-5-39-29(36)25-16(2)32-30-33(26(25)19-10-12-23(37-3)21(31)14-19)27(34)24(41-30)15-20-11-13-22(40-20)17-6-8-18(9-7-17)28(35)38-4/h6-15,26H,5H2,1-4H3/b24-15-. The number of fused-ring (bicyclic) bond motifs is 1. The lowest BCUT2D eigenvalue weighted by atomic mass is 9.96. The number of allylic oxidation sites excluding steroid dienone is 1. The van der Waals surface area contributed by atoms with Crippen molar-refractivity contribution in [1.82, 2.24) is 4.57 Å². The van der Waals surface area contributed by atoms with E-state index in [2.05, 4.69) is 20.9 Å². The molecule has 0 amide bonds. The third-order valence-electron chi connectivity index (χ3n) is 6.50. The molecule has 9 nitrogen and oxygen atoms in total. The topological polar surface area (TPSA) is 109 Å². The van der Waals surface area contributed by atoms with Crippen LogP contribution < -0.4 is 19.6 Å². The molecular weight excluding hydrogens is 612 g/mol. The Kier molecular flexibility index (Phi) is 8.09. The van der Waals surface area contributed by atoms with Gasteiger partial charge in [0.2, 0.25) is 0 Å². The molecule has 0 radical (unpaired) electrons. The molecule has 0 saturated carbocycles. The number of thiazole rings is 1. The zero-order valence-corrected chi connectivity index (χ0v) is 25.0. The average molecular weight is 638 g/mol. The van der Waals surface area contributed by atoms with Gasteiger partial charge in [0.25, 0.3) is 5.56 Å². The summed E-state index contributed by atoms with van der Waals surface area (Å²) in [4.78, 5) is 43.7. The Labute approximate surface area is 247 Å². The van der Waals surface area contributed by atoms with Gasteiger partial charge >= 0.3 is 11.9 Å². The fraction of sp³-hybridized carbons (Fsp3) is 0.200. The minimum atomic E-state index is -0.754. The molecular formula is C30H25BrN2O7S. The van der Waals surface area contributed by atoms with Gasteiger partial charge in [-0.3, -0.25) is 9.36 Å². The van der Waals surface area contributed by atoms with E-state index >= 15 is 0 Å². The van der Waals surface area contributed by atoms with Gasteiger partial charge in [0.15, 0.2) is 4.80 Å². The summed E-state index contributed by atoms with van der Waals surface area (Å²) in [6.45, 7) is 3.65. The molecule has 0 spiro atoms. The van der Waals surface area contributed by atoms with Gasteiger partial charge in [-0.15, -0.1) is 0 Å². The van der Waals surface area contributed by atoms with E-state index < -0.39 is 18.0 Å². The Hall–Kier alpha value is -4.22. The van der Waals surface area contributed by atoms with E-state index in [1.54, 1.807) is 69.5 Å². The minimum absolute atomic E-state index is 0.186. The monoisotopic (exact) mass is 636 g/mol. The maximum Gasteiger partial charge on any atom is 0.338 e. The predicted molar refractivity (Wildman–Crippen MR) is 157 cm³/mol. The van der Waals surface area contributed by atoms with Gasteiger partial charge in [0.05, 0.1) is 52.7 Å². The summed E-state index contributed by atoms with van der Waals surface area (Å²) >= 11 is 4.72. The van der Waals surface area contributed by atoms with Gasteiger partial charge in [0, 0.05) is 11.6 Å². The SMILES string of the molecule is CCOC(=O)C1=C(C)N=c2s/c(=C\c3ccc(-c4ccc(C(=O)OC)cc4)o3)c(=O)n2C1c1ccc(OC)c(Br)c1. The number of esters is 2.